The number of rotatable bonds is 6. The summed E-state index contributed by atoms with van der Waals surface area (Å²) >= 11 is 0. The highest BCUT2D eigenvalue weighted by molar-refractivity contribution is 6.05. The molecule has 0 bridgehead atoms. The summed E-state index contributed by atoms with van der Waals surface area (Å²) in [5.74, 6) is -1.20. The summed E-state index contributed by atoms with van der Waals surface area (Å²) in [4.78, 5) is 39.4. The Hall–Kier alpha value is -4.13. The van der Waals surface area contributed by atoms with Crippen LogP contribution in [0.3, 0.4) is 0 Å². The first-order chi connectivity index (χ1) is 15.4. The topological polar surface area (TPSA) is 84.5 Å². The molecule has 4 aromatic rings. The average molecular weight is 429 g/mol. The number of nitrogens with one attached hydrogen (secondary N) is 1. The number of likely N-dealkylation sites (N-methyl/N-ethyl adjacent to an activating group) is 1. The Morgan fingerprint density at radius 3 is 2.44 bits per heavy atom. The van der Waals surface area contributed by atoms with Crippen molar-refractivity contribution in [2.45, 2.75) is 20.0 Å². The van der Waals surface area contributed by atoms with Crippen molar-refractivity contribution >= 4 is 28.6 Å². The highest BCUT2D eigenvalue weighted by Gasteiger charge is 2.17. The van der Waals surface area contributed by atoms with E-state index in [2.05, 4.69) is 5.32 Å². The standard InChI is InChI=1S/C25H23N3O4/c1-17-8-11-20(12-9-17)26-24(30)19-10-13-22-21(14-19)28(25(31)32-22)16-23(29)27(2)15-18-6-4-3-5-7-18/h3-14H,15-16H2,1-2H3,(H,26,30). The van der Waals surface area contributed by atoms with Crippen LogP contribution in [0.15, 0.2) is 82.0 Å². The molecule has 4 rings (SSSR count). The van der Waals surface area contributed by atoms with E-state index in [1.54, 1.807) is 30.1 Å². The van der Waals surface area contributed by atoms with Gasteiger partial charge in [0.25, 0.3) is 5.91 Å². The summed E-state index contributed by atoms with van der Waals surface area (Å²) in [6.07, 6.45) is 0. The summed E-state index contributed by atoms with van der Waals surface area (Å²) in [6.45, 7) is 2.21. The molecule has 0 atom stereocenters. The Balaban J connectivity index is 1.54. The van der Waals surface area contributed by atoms with Gasteiger partial charge < -0.3 is 14.6 Å². The number of amides is 2. The van der Waals surface area contributed by atoms with Crippen LogP contribution in [0.2, 0.25) is 0 Å². The van der Waals surface area contributed by atoms with Crippen LogP contribution in [0, 0.1) is 6.92 Å². The lowest BCUT2D eigenvalue weighted by atomic mass is 10.1. The predicted molar refractivity (Wildman–Crippen MR) is 123 cm³/mol. The average Bonchev–Trinajstić information content (AvgIpc) is 3.10. The molecule has 1 aromatic heterocycles. The fraction of sp³-hybridized carbons (Fsp3) is 0.160. The van der Waals surface area contributed by atoms with Crippen molar-refractivity contribution in [2.24, 2.45) is 0 Å². The van der Waals surface area contributed by atoms with E-state index in [-0.39, 0.29) is 18.4 Å². The summed E-state index contributed by atoms with van der Waals surface area (Å²) in [6, 6.07) is 21.8. The number of carbonyl (C=O) groups is 2. The zero-order valence-electron chi connectivity index (χ0n) is 17.9. The van der Waals surface area contributed by atoms with Gasteiger partial charge in [-0.25, -0.2) is 4.79 Å². The number of nitrogens with zero attached hydrogens (tertiary/aromatic N) is 2. The number of hydrogen-bond donors (Lipinski definition) is 1. The van der Waals surface area contributed by atoms with Crippen LogP contribution in [0.5, 0.6) is 0 Å². The Morgan fingerprint density at radius 1 is 1.00 bits per heavy atom. The summed E-state index contributed by atoms with van der Waals surface area (Å²) in [5.41, 5.74) is 3.82. The molecule has 7 heteroatoms. The number of benzene rings is 3. The van der Waals surface area contributed by atoms with Crippen molar-refractivity contribution in [3.05, 3.63) is 100 Å². The van der Waals surface area contributed by atoms with Crippen LogP contribution in [0.1, 0.15) is 21.5 Å². The van der Waals surface area contributed by atoms with Gasteiger partial charge in [-0.3, -0.25) is 14.2 Å². The van der Waals surface area contributed by atoms with E-state index in [0.29, 0.717) is 28.9 Å². The first-order valence-electron chi connectivity index (χ1n) is 10.2. The maximum atomic E-state index is 12.7. The van der Waals surface area contributed by atoms with Gasteiger partial charge >= 0.3 is 5.76 Å². The van der Waals surface area contributed by atoms with Gasteiger partial charge in [0.15, 0.2) is 5.58 Å². The molecule has 0 unspecified atom stereocenters. The van der Waals surface area contributed by atoms with Gasteiger partial charge in [0.2, 0.25) is 5.91 Å². The number of fused-ring (bicyclic) bond motifs is 1. The fourth-order valence-corrected chi connectivity index (χ4v) is 3.39. The molecule has 7 nitrogen and oxygen atoms in total. The molecule has 3 aromatic carbocycles. The zero-order chi connectivity index (χ0) is 22.7. The first kappa shape index (κ1) is 21.1. The molecular weight excluding hydrogens is 406 g/mol. The van der Waals surface area contributed by atoms with Gasteiger partial charge in [-0.15, -0.1) is 0 Å². The number of aryl methyl sites for hydroxylation is 1. The number of hydrogen-bond acceptors (Lipinski definition) is 4. The monoisotopic (exact) mass is 429 g/mol. The zero-order valence-corrected chi connectivity index (χ0v) is 17.9. The molecular formula is C25H23N3O4. The quantitative estimate of drug-likeness (QED) is 0.505. The maximum Gasteiger partial charge on any atom is 0.420 e. The highest BCUT2D eigenvalue weighted by Crippen LogP contribution is 2.18. The highest BCUT2D eigenvalue weighted by atomic mass is 16.4. The van der Waals surface area contributed by atoms with Crippen molar-refractivity contribution in [2.75, 3.05) is 12.4 Å². The van der Waals surface area contributed by atoms with Gasteiger partial charge in [-0.05, 0) is 42.8 Å². The lowest BCUT2D eigenvalue weighted by Gasteiger charge is -2.17. The Bertz CT molecular complexity index is 1320. The molecule has 0 aliphatic heterocycles. The van der Waals surface area contributed by atoms with Gasteiger partial charge in [0.05, 0.1) is 5.52 Å². The molecule has 0 saturated heterocycles. The number of aromatic nitrogens is 1. The van der Waals surface area contributed by atoms with E-state index in [1.165, 1.54) is 4.57 Å². The molecule has 162 valence electrons. The SMILES string of the molecule is Cc1ccc(NC(=O)c2ccc3oc(=O)n(CC(=O)N(C)Cc4ccccc4)c3c2)cc1. The van der Waals surface area contributed by atoms with Gasteiger partial charge in [-0.2, -0.15) is 0 Å². The molecule has 0 spiro atoms. The van der Waals surface area contributed by atoms with Crippen LogP contribution < -0.4 is 11.1 Å². The summed E-state index contributed by atoms with van der Waals surface area (Å²) in [7, 11) is 1.68. The normalized spacial score (nSPS) is 10.8. The van der Waals surface area contributed by atoms with Crippen LogP contribution >= 0.6 is 0 Å². The Labute approximate surface area is 184 Å². The van der Waals surface area contributed by atoms with E-state index in [9.17, 15) is 14.4 Å². The number of carbonyl (C=O) groups excluding carboxylic acids is 2. The van der Waals surface area contributed by atoms with E-state index in [4.69, 9.17) is 4.42 Å². The molecule has 0 fully saturated rings. The molecule has 32 heavy (non-hydrogen) atoms. The van der Waals surface area contributed by atoms with Crippen LogP contribution in [0.25, 0.3) is 11.1 Å². The van der Waals surface area contributed by atoms with Crippen molar-refractivity contribution in [3.63, 3.8) is 0 Å². The molecule has 1 heterocycles. The second-order valence-corrected chi connectivity index (χ2v) is 7.69. The predicted octanol–water partition coefficient (Wildman–Crippen LogP) is 3.81. The van der Waals surface area contributed by atoms with E-state index in [1.807, 2.05) is 61.5 Å². The number of anilines is 1. The van der Waals surface area contributed by atoms with Crippen LogP contribution in [-0.2, 0) is 17.9 Å². The Morgan fingerprint density at radius 2 is 1.72 bits per heavy atom. The smallest absolute Gasteiger partial charge is 0.408 e. The van der Waals surface area contributed by atoms with E-state index in [0.717, 1.165) is 11.1 Å². The minimum absolute atomic E-state index is 0.182. The van der Waals surface area contributed by atoms with Crippen molar-refractivity contribution in [1.29, 1.82) is 0 Å². The van der Waals surface area contributed by atoms with E-state index >= 15 is 0 Å². The third-order valence-corrected chi connectivity index (χ3v) is 5.22. The molecule has 0 aliphatic rings. The minimum Gasteiger partial charge on any atom is -0.408 e. The summed E-state index contributed by atoms with van der Waals surface area (Å²) in [5, 5.41) is 2.83. The largest absolute Gasteiger partial charge is 0.420 e. The minimum atomic E-state index is -0.641. The third kappa shape index (κ3) is 4.62. The van der Waals surface area contributed by atoms with Gasteiger partial charge in [-0.1, -0.05) is 48.0 Å². The molecule has 1 N–H and O–H groups in total. The lowest BCUT2D eigenvalue weighted by Crippen LogP contribution is -2.32. The van der Waals surface area contributed by atoms with Crippen molar-refractivity contribution in [3.8, 4) is 0 Å². The number of oxazole rings is 1. The Kier molecular flexibility index (Phi) is 5.89. The first-order valence-corrected chi connectivity index (χ1v) is 10.2. The lowest BCUT2D eigenvalue weighted by molar-refractivity contribution is -0.131. The third-order valence-electron chi connectivity index (χ3n) is 5.22. The second kappa shape index (κ2) is 8.93. The maximum absolute atomic E-state index is 12.7. The van der Waals surface area contributed by atoms with Crippen LogP contribution in [0.4, 0.5) is 5.69 Å². The molecule has 0 saturated carbocycles. The van der Waals surface area contributed by atoms with Crippen molar-refractivity contribution in [1.82, 2.24) is 9.47 Å². The fourth-order valence-electron chi connectivity index (χ4n) is 3.39. The second-order valence-electron chi connectivity index (χ2n) is 7.69. The van der Waals surface area contributed by atoms with Gasteiger partial charge in [0, 0.05) is 24.8 Å². The van der Waals surface area contributed by atoms with E-state index < -0.39 is 5.76 Å². The van der Waals surface area contributed by atoms with Crippen LogP contribution in [-0.4, -0.2) is 28.3 Å². The molecule has 0 radical (unpaired) electrons. The summed E-state index contributed by atoms with van der Waals surface area (Å²) < 4.78 is 6.52. The van der Waals surface area contributed by atoms with Crippen molar-refractivity contribution < 1.29 is 14.0 Å². The van der Waals surface area contributed by atoms with Gasteiger partial charge in [0.1, 0.15) is 6.54 Å². The molecule has 0 aliphatic carbocycles. The molecule has 2 amide bonds.